The van der Waals surface area contributed by atoms with Gasteiger partial charge in [-0.25, -0.2) is 9.37 Å². The van der Waals surface area contributed by atoms with E-state index in [0.29, 0.717) is 0 Å². The Morgan fingerprint density at radius 3 is 2.76 bits per heavy atom. The zero-order chi connectivity index (χ0) is 14.8. The fourth-order valence-corrected chi connectivity index (χ4v) is 3.50. The van der Waals surface area contributed by atoms with Crippen LogP contribution in [-0.2, 0) is 6.42 Å². The van der Waals surface area contributed by atoms with Crippen LogP contribution < -0.4 is 5.32 Å². The summed E-state index contributed by atoms with van der Waals surface area (Å²) in [6, 6.07) is 13.0. The highest BCUT2D eigenvalue weighted by molar-refractivity contribution is 9.10. The normalized spacial score (nSPS) is 12.5. The zero-order valence-electron chi connectivity index (χ0n) is 11.4. The van der Waals surface area contributed by atoms with Gasteiger partial charge in [-0.1, -0.05) is 39.4 Å². The molecule has 21 heavy (non-hydrogen) atoms. The van der Waals surface area contributed by atoms with Gasteiger partial charge in [0, 0.05) is 10.5 Å². The number of fused-ring (bicyclic) bond motifs is 1. The number of aromatic nitrogens is 1. The molecule has 1 unspecified atom stereocenters. The molecule has 3 aromatic rings. The number of hydrogen-bond acceptors (Lipinski definition) is 3. The Morgan fingerprint density at radius 2 is 2.00 bits per heavy atom. The number of benzene rings is 2. The van der Waals surface area contributed by atoms with Crippen molar-refractivity contribution in [2.75, 3.05) is 5.32 Å². The van der Waals surface area contributed by atoms with Crippen molar-refractivity contribution in [3.05, 3.63) is 58.3 Å². The van der Waals surface area contributed by atoms with Crippen LogP contribution in [-0.4, -0.2) is 11.0 Å². The first-order chi connectivity index (χ1) is 10.1. The Morgan fingerprint density at radius 1 is 1.24 bits per heavy atom. The number of thiazole rings is 1. The van der Waals surface area contributed by atoms with Gasteiger partial charge in [0.2, 0.25) is 0 Å². The first-order valence-electron chi connectivity index (χ1n) is 6.67. The minimum absolute atomic E-state index is 0.198. The van der Waals surface area contributed by atoms with Gasteiger partial charge in [-0.15, -0.1) is 0 Å². The van der Waals surface area contributed by atoms with Crippen molar-refractivity contribution in [3.63, 3.8) is 0 Å². The van der Waals surface area contributed by atoms with Crippen molar-refractivity contribution < 1.29 is 4.39 Å². The molecule has 1 heterocycles. The van der Waals surface area contributed by atoms with E-state index in [1.807, 2.05) is 24.3 Å². The fraction of sp³-hybridized carbons (Fsp3) is 0.188. The van der Waals surface area contributed by atoms with Crippen LogP contribution in [0, 0.1) is 5.82 Å². The lowest BCUT2D eigenvalue weighted by Gasteiger charge is -2.12. The molecule has 2 nitrogen and oxygen atoms in total. The SMILES string of the molecule is CC(Cc1ccc(F)cc1)Nc1nc2cc(Br)ccc2s1. The van der Waals surface area contributed by atoms with Crippen LogP contribution in [0.3, 0.4) is 0 Å². The number of rotatable bonds is 4. The Hall–Kier alpha value is -1.46. The van der Waals surface area contributed by atoms with Crippen LogP contribution in [0.1, 0.15) is 12.5 Å². The van der Waals surface area contributed by atoms with Gasteiger partial charge in [0.1, 0.15) is 5.82 Å². The van der Waals surface area contributed by atoms with E-state index in [9.17, 15) is 4.39 Å². The van der Waals surface area contributed by atoms with Crippen molar-refractivity contribution in [1.29, 1.82) is 0 Å². The smallest absolute Gasteiger partial charge is 0.184 e. The molecule has 0 saturated carbocycles. The summed E-state index contributed by atoms with van der Waals surface area (Å²) >= 11 is 5.10. The van der Waals surface area contributed by atoms with E-state index in [1.165, 1.54) is 12.1 Å². The number of hydrogen-bond donors (Lipinski definition) is 1. The third kappa shape index (κ3) is 3.60. The molecule has 5 heteroatoms. The van der Waals surface area contributed by atoms with Crippen LogP contribution in [0.5, 0.6) is 0 Å². The Labute approximate surface area is 135 Å². The largest absolute Gasteiger partial charge is 0.359 e. The summed E-state index contributed by atoms with van der Waals surface area (Å²) in [4.78, 5) is 4.59. The summed E-state index contributed by atoms with van der Waals surface area (Å²) in [5, 5.41) is 4.33. The minimum Gasteiger partial charge on any atom is -0.359 e. The van der Waals surface area contributed by atoms with Gasteiger partial charge in [0.05, 0.1) is 10.2 Å². The molecule has 0 spiro atoms. The molecule has 0 aliphatic heterocycles. The van der Waals surface area contributed by atoms with Gasteiger partial charge in [0.15, 0.2) is 5.13 Å². The van der Waals surface area contributed by atoms with Crippen LogP contribution in [0.15, 0.2) is 46.9 Å². The molecule has 0 aliphatic rings. The summed E-state index contributed by atoms with van der Waals surface area (Å²) in [6.07, 6.45) is 0.833. The average molecular weight is 365 g/mol. The first kappa shape index (κ1) is 14.5. The van der Waals surface area contributed by atoms with Gasteiger partial charge in [-0.2, -0.15) is 0 Å². The second-order valence-electron chi connectivity index (χ2n) is 5.01. The maximum absolute atomic E-state index is 12.9. The van der Waals surface area contributed by atoms with Crippen molar-refractivity contribution in [3.8, 4) is 0 Å². The lowest BCUT2D eigenvalue weighted by molar-refractivity contribution is 0.626. The molecule has 1 N–H and O–H groups in total. The van der Waals surface area contributed by atoms with Gasteiger partial charge in [-0.05, 0) is 49.2 Å². The summed E-state index contributed by atoms with van der Waals surface area (Å²) in [7, 11) is 0. The molecule has 1 aromatic heterocycles. The van der Waals surface area contributed by atoms with Gasteiger partial charge in [0.25, 0.3) is 0 Å². The third-order valence-electron chi connectivity index (χ3n) is 3.17. The van der Waals surface area contributed by atoms with E-state index >= 15 is 0 Å². The maximum Gasteiger partial charge on any atom is 0.184 e. The van der Waals surface area contributed by atoms with E-state index in [4.69, 9.17) is 0 Å². The minimum atomic E-state index is -0.198. The van der Waals surface area contributed by atoms with Gasteiger partial charge >= 0.3 is 0 Å². The number of nitrogens with one attached hydrogen (secondary N) is 1. The van der Waals surface area contributed by atoms with Gasteiger partial charge in [-0.3, -0.25) is 0 Å². The Kier molecular flexibility index (Phi) is 4.22. The molecule has 0 radical (unpaired) electrons. The molecular weight excluding hydrogens is 351 g/mol. The second-order valence-corrected chi connectivity index (χ2v) is 6.95. The highest BCUT2D eigenvalue weighted by Gasteiger charge is 2.08. The summed E-state index contributed by atoms with van der Waals surface area (Å²) < 4.78 is 15.1. The van der Waals surface area contributed by atoms with E-state index in [2.05, 4.69) is 39.2 Å². The molecule has 2 aromatic carbocycles. The maximum atomic E-state index is 12.9. The summed E-state index contributed by atoms with van der Waals surface area (Å²) in [5.74, 6) is -0.198. The summed E-state index contributed by atoms with van der Waals surface area (Å²) in [6.45, 7) is 2.10. The highest BCUT2D eigenvalue weighted by atomic mass is 79.9. The molecule has 0 aliphatic carbocycles. The van der Waals surface area contributed by atoms with E-state index in [-0.39, 0.29) is 11.9 Å². The third-order valence-corrected chi connectivity index (χ3v) is 4.64. The Balaban J connectivity index is 1.70. The number of nitrogens with zero attached hydrogens (tertiary/aromatic N) is 1. The molecule has 3 rings (SSSR count). The number of halogens is 2. The van der Waals surface area contributed by atoms with Crippen molar-refractivity contribution >= 4 is 42.6 Å². The van der Waals surface area contributed by atoms with Crippen molar-refractivity contribution in [1.82, 2.24) is 4.98 Å². The summed E-state index contributed by atoms with van der Waals surface area (Å²) in [5.41, 5.74) is 2.10. The van der Waals surface area contributed by atoms with E-state index in [0.717, 1.165) is 31.8 Å². The molecular formula is C16H14BrFN2S. The average Bonchev–Trinajstić information content (AvgIpc) is 2.82. The predicted molar refractivity (Wildman–Crippen MR) is 90.5 cm³/mol. The Bertz CT molecular complexity index is 755. The van der Waals surface area contributed by atoms with Crippen LogP contribution in [0.25, 0.3) is 10.2 Å². The fourth-order valence-electron chi connectivity index (χ4n) is 2.20. The molecule has 0 bridgehead atoms. The number of anilines is 1. The van der Waals surface area contributed by atoms with Crippen LogP contribution >= 0.6 is 27.3 Å². The topological polar surface area (TPSA) is 24.9 Å². The molecule has 0 saturated heterocycles. The quantitative estimate of drug-likeness (QED) is 0.684. The lowest BCUT2D eigenvalue weighted by Crippen LogP contribution is -2.17. The van der Waals surface area contributed by atoms with E-state index < -0.39 is 0 Å². The monoisotopic (exact) mass is 364 g/mol. The molecule has 108 valence electrons. The molecule has 0 amide bonds. The zero-order valence-corrected chi connectivity index (χ0v) is 13.8. The van der Waals surface area contributed by atoms with Crippen LogP contribution in [0.2, 0.25) is 0 Å². The standard InChI is InChI=1S/C16H14BrFN2S/c1-10(8-11-2-5-13(18)6-3-11)19-16-20-14-9-12(17)4-7-15(14)21-16/h2-7,9-10H,8H2,1H3,(H,19,20). The van der Waals surface area contributed by atoms with Gasteiger partial charge < -0.3 is 5.32 Å². The lowest BCUT2D eigenvalue weighted by atomic mass is 10.1. The predicted octanol–water partition coefficient (Wildman–Crippen LogP) is 5.24. The van der Waals surface area contributed by atoms with Crippen molar-refractivity contribution in [2.45, 2.75) is 19.4 Å². The van der Waals surface area contributed by atoms with Crippen molar-refractivity contribution in [2.24, 2.45) is 0 Å². The molecule has 0 fully saturated rings. The van der Waals surface area contributed by atoms with E-state index in [1.54, 1.807) is 11.3 Å². The highest BCUT2D eigenvalue weighted by Crippen LogP contribution is 2.28. The second kappa shape index (κ2) is 6.12. The first-order valence-corrected chi connectivity index (χ1v) is 8.28. The van der Waals surface area contributed by atoms with Crippen LogP contribution in [0.4, 0.5) is 9.52 Å². The molecule has 1 atom stereocenters.